The van der Waals surface area contributed by atoms with E-state index in [0.717, 1.165) is 109 Å². The molecule has 0 aliphatic rings. The van der Waals surface area contributed by atoms with Crippen LogP contribution in [0.15, 0.2) is 158 Å². The Balaban J connectivity index is 3.89. The van der Waals surface area contributed by atoms with Crippen LogP contribution < -0.4 is 5.73 Å². The van der Waals surface area contributed by atoms with Crippen LogP contribution in [0.3, 0.4) is 0 Å². The molecule has 0 amide bonds. The topological polar surface area (TPSA) is 134 Å². The Hall–Kier alpha value is -4.37. The van der Waals surface area contributed by atoms with Crippen molar-refractivity contribution >= 4 is 19.8 Å². The van der Waals surface area contributed by atoms with Gasteiger partial charge in [-0.05, 0) is 128 Å². The van der Waals surface area contributed by atoms with Crippen LogP contribution in [0.1, 0.15) is 373 Å². The second-order valence-corrected chi connectivity index (χ2v) is 29.1. The van der Waals surface area contributed by atoms with Gasteiger partial charge < -0.3 is 20.1 Å². The number of esters is 2. The van der Waals surface area contributed by atoms with Gasteiger partial charge in [-0.2, -0.15) is 0 Å². The lowest BCUT2D eigenvalue weighted by atomic mass is 10.0. The van der Waals surface area contributed by atoms with E-state index < -0.39 is 32.5 Å². The maximum atomic E-state index is 12.8. The average Bonchev–Trinajstić information content (AvgIpc) is 1.01. The number of phosphoric ester groups is 1. The van der Waals surface area contributed by atoms with E-state index in [9.17, 15) is 19.0 Å². The van der Waals surface area contributed by atoms with Gasteiger partial charge in [0, 0.05) is 19.4 Å². The van der Waals surface area contributed by atoms with Crippen molar-refractivity contribution in [2.45, 2.75) is 380 Å². The Bertz CT molecular complexity index is 2230. The summed E-state index contributed by atoms with van der Waals surface area (Å²) >= 11 is 0. The van der Waals surface area contributed by atoms with E-state index in [0.29, 0.717) is 6.42 Å². The summed E-state index contributed by atoms with van der Waals surface area (Å²) in [6.45, 7) is 3.61. The second kappa shape index (κ2) is 84.6. The van der Waals surface area contributed by atoms with Crippen LogP contribution in [-0.4, -0.2) is 49.3 Å². The zero-order valence-electron chi connectivity index (χ0n) is 65.3. The van der Waals surface area contributed by atoms with E-state index in [1.807, 2.05) is 0 Å². The molecule has 0 saturated carbocycles. The Labute approximate surface area is 623 Å². The van der Waals surface area contributed by atoms with Crippen molar-refractivity contribution in [3.63, 3.8) is 0 Å². The van der Waals surface area contributed by atoms with Crippen LogP contribution in [0.2, 0.25) is 0 Å². The Kier molecular flexibility index (Phi) is 80.9. The summed E-state index contributed by atoms with van der Waals surface area (Å²) in [6.07, 6.45) is 124. The molecule has 0 bridgehead atoms. The van der Waals surface area contributed by atoms with Gasteiger partial charge in [0.1, 0.15) is 6.61 Å². The Morgan fingerprint density at radius 3 is 0.842 bits per heavy atom. The summed E-state index contributed by atoms with van der Waals surface area (Å²) in [6, 6.07) is 0. The quantitative estimate of drug-likeness (QED) is 0.0264. The van der Waals surface area contributed by atoms with Crippen molar-refractivity contribution in [1.82, 2.24) is 0 Å². The van der Waals surface area contributed by atoms with Gasteiger partial charge in [0.05, 0.1) is 13.2 Å². The number of unbranched alkanes of at least 4 members (excludes halogenated alkanes) is 39. The van der Waals surface area contributed by atoms with E-state index in [1.165, 1.54) is 231 Å². The largest absolute Gasteiger partial charge is 0.472 e. The van der Waals surface area contributed by atoms with Gasteiger partial charge in [0.25, 0.3) is 0 Å². The number of hydrogen-bond acceptors (Lipinski definition) is 8. The number of carbonyl (C=O) groups is 2. The fraction of sp³-hybridized carbons (Fsp3) is 0.692. The van der Waals surface area contributed by atoms with Crippen LogP contribution >= 0.6 is 7.82 Å². The zero-order valence-corrected chi connectivity index (χ0v) is 66.2. The van der Waals surface area contributed by atoms with Gasteiger partial charge in [-0.1, -0.05) is 390 Å². The first kappa shape index (κ1) is 96.6. The first-order chi connectivity index (χ1) is 49.8. The molecule has 0 spiro atoms. The first-order valence-electron chi connectivity index (χ1n) is 42.0. The zero-order chi connectivity index (χ0) is 72.9. The molecular formula is C91H156NO8P. The molecule has 0 radical (unpaired) electrons. The van der Waals surface area contributed by atoms with Gasteiger partial charge in [0.2, 0.25) is 0 Å². The van der Waals surface area contributed by atoms with Crippen LogP contribution in [0.25, 0.3) is 0 Å². The lowest BCUT2D eigenvalue weighted by Gasteiger charge is -2.19. The van der Waals surface area contributed by atoms with Crippen molar-refractivity contribution in [2.75, 3.05) is 26.4 Å². The van der Waals surface area contributed by atoms with E-state index in [2.05, 4.69) is 172 Å². The third kappa shape index (κ3) is 84.5. The highest BCUT2D eigenvalue weighted by molar-refractivity contribution is 7.47. The van der Waals surface area contributed by atoms with Gasteiger partial charge in [-0.3, -0.25) is 18.6 Å². The number of hydrogen-bond donors (Lipinski definition) is 2. The van der Waals surface area contributed by atoms with Crippen molar-refractivity contribution in [1.29, 1.82) is 0 Å². The molecule has 0 aliphatic heterocycles. The average molecular weight is 1420 g/mol. The minimum absolute atomic E-state index is 0.0398. The summed E-state index contributed by atoms with van der Waals surface area (Å²) < 4.78 is 33.2. The highest BCUT2D eigenvalue weighted by Gasteiger charge is 2.26. The first-order valence-corrected chi connectivity index (χ1v) is 43.5. The molecule has 0 heterocycles. The van der Waals surface area contributed by atoms with Crippen LogP contribution in [0.4, 0.5) is 0 Å². The van der Waals surface area contributed by atoms with Crippen molar-refractivity contribution in [3.8, 4) is 0 Å². The fourth-order valence-corrected chi connectivity index (χ4v) is 12.5. The summed E-state index contributed by atoms with van der Waals surface area (Å²) in [5.74, 6) is -0.876. The molecule has 10 heteroatoms. The molecular weight excluding hydrogens is 1270 g/mol. The molecule has 578 valence electrons. The highest BCUT2D eigenvalue weighted by atomic mass is 31.2. The summed E-state index contributed by atoms with van der Waals surface area (Å²) in [5.41, 5.74) is 5.41. The Morgan fingerprint density at radius 1 is 0.307 bits per heavy atom. The molecule has 0 aliphatic carbocycles. The van der Waals surface area contributed by atoms with Gasteiger partial charge in [-0.15, -0.1) is 0 Å². The molecule has 2 atom stereocenters. The number of carbonyl (C=O) groups excluding carboxylic acids is 2. The monoisotopic (exact) mass is 1420 g/mol. The molecule has 0 aromatic carbocycles. The molecule has 0 rings (SSSR count). The summed E-state index contributed by atoms with van der Waals surface area (Å²) in [7, 11) is -4.42. The predicted octanol–water partition coefficient (Wildman–Crippen LogP) is 28.6. The minimum atomic E-state index is -4.42. The third-order valence-corrected chi connectivity index (χ3v) is 18.9. The van der Waals surface area contributed by atoms with Crippen molar-refractivity contribution in [3.05, 3.63) is 158 Å². The van der Waals surface area contributed by atoms with E-state index >= 15 is 0 Å². The van der Waals surface area contributed by atoms with Crippen molar-refractivity contribution < 1.29 is 37.6 Å². The van der Waals surface area contributed by atoms with Crippen molar-refractivity contribution in [2.24, 2.45) is 5.73 Å². The van der Waals surface area contributed by atoms with Crippen LogP contribution in [0, 0.1) is 0 Å². The summed E-state index contributed by atoms with van der Waals surface area (Å²) in [4.78, 5) is 35.5. The van der Waals surface area contributed by atoms with Crippen LogP contribution in [0.5, 0.6) is 0 Å². The molecule has 0 saturated heterocycles. The number of nitrogens with two attached hydrogens (primary N) is 1. The predicted molar refractivity (Wildman–Crippen MR) is 440 cm³/mol. The number of phosphoric acid groups is 1. The highest BCUT2D eigenvalue weighted by Crippen LogP contribution is 2.43. The Morgan fingerprint density at radius 2 is 0.545 bits per heavy atom. The maximum Gasteiger partial charge on any atom is 0.472 e. The van der Waals surface area contributed by atoms with E-state index in [-0.39, 0.29) is 32.6 Å². The second-order valence-electron chi connectivity index (χ2n) is 27.6. The third-order valence-electron chi connectivity index (χ3n) is 17.9. The van der Waals surface area contributed by atoms with Gasteiger partial charge >= 0.3 is 19.8 Å². The molecule has 2 unspecified atom stereocenters. The SMILES string of the molecule is CC/C=C\C/C=C\C/C=C\C/C=C\C/C=C\C/C=C\C/C=C\C/C=C\C/C=C\C/C=C\C/C=C\C/C=C\CCCCC(=O)OC(COC(=O)CCCCCCCCCCCCCCCCCCCCCCCCCCCCCCC/C=C\CCCCCCCCCC)COP(=O)(O)OCCN. The minimum Gasteiger partial charge on any atom is -0.462 e. The molecule has 9 nitrogen and oxygen atoms in total. The molecule has 0 fully saturated rings. The standard InChI is InChI=1S/C91H156NO8P/c1-3-5-7-9-11-13-15-17-19-21-23-25-27-29-31-33-35-37-39-41-43-44-46-47-49-51-53-55-57-59-61-63-65-67-69-71-73-75-77-79-81-83-90(93)97-87-89(88-99-101(95,96)98-86-85-92)100-91(94)84-82-80-78-76-74-72-70-68-66-64-62-60-58-56-54-52-50-48-45-42-40-38-36-34-32-30-28-26-24-22-20-18-16-14-12-10-8-6-4-2/h6,8,12,14,18,20-21,23-24,26,30,32,36,38,42,45,50,52,56,58,62,64,68,70,74,76,89H,3-5,7,9-11,13,15-17,19,22,25,27-29,31,33-35,37,39-41,43-44,46-49,51,53-55,57,59-61,63,65-67,69,71-73,75,77-88,92H2,1-2H3,(H,95,96)/b8-6-,14-12-,20-18-,23-21-,26-24-,32-30-,38-36-,45-42-,52-50-,58-56-,64-62-,70-68-,76-74-. The van der Waals surface area contributed by atoms with E-state index in [4.69, 9.17) is 24.3 Å². The number of rotatable bonds is 78. The number of allylic oxidation sites excluding steroid dienone is 26. The molecule has 101 heavy (non-hydrogen) atoms. The normalized spacial score (nSPS) is 13.7. The van der Waals surface area contributed by atoms with Gasteiger partial charge in [0.15, 0.2) is 6.10 Å². The molecule has 3 N–H and O–H groups in total. The smallest absolute Gasteiger partial charge is 0.462 e. The lowest BCUT2D eigenvalue weighted by molar-refractivity contribution is -0.161. The summed E-state index contributed by atoms with van der Waals surface area (Å²) in [5, 5.41) is 0. The maximum absolute atomic E-state index is 12.8. The lowest BCUT2D eigenvalue weighted by Crippen LogP contribution is -2.29. The van der Waals surface area contributed by atoms with Crippen LogP contribution in [-0.2, 0) is 32.7 Å². The fourth-order valence-electron chi connectivity index (χ4n) is 11.7. The number of ether oxygens (including phenoxy) is 2. The molecule has 0 aromatic heterocycles. The molecule has 0 aromatic rings. The van der Waals surface area contributed by atoms with E-state index in [1.54, 1.807) is 0 Å². The van der Waals surface area contributed by atoms with Gasteiger partial charge in [-0.25, -0.2) is 4.57 Å².